The molecule has 0 saturated heterocycles. The molecule has 150 valence electrons. The van der Waals surface area contributed by atoms with Crippen molar-refractivity contribution in [2.75, 3.05) is 13.2 Å². The third kappa shape index (κ3) is 6.15. The van der Waals surface area contributed by atoms with Gasteiger partial charge in [-0.15, -0.1) is 0 Å². The molecule has 0 aliphatic heterocycles. The largest absolute Gasteiger partial charge is 0.490 e. The summed E-state index contributed by atoms with van der Waals surface area (Å²) >= 11 is 0. The third-order valence-electron chi connectivity index (χ3n) is 4.95. The van der Waals surface area contributed by atoms with E-state index in [0.717, 1.165) is 31.2 Å². The van der Waals surface area contributed by atoms with Crippen LogP contribution in [-0.2, 0) is 16.1 Å². The number of benzene rings is 1. The lowest BCUT2D eigenvalue weighted by Crippen LogP contribution is -2.39. The first-order chi connectivity index (χ1) is 13.1. The molecule has 27 heavy (non-hydrogen) atoms. The van der Waals surface area contributed by atoms with Gasteiger partial charge in [-0.2, -0.15) is 0 Å². The van der Waals surface area contributed by atoms with Gasteiger partial charge >= 0.3 is 5.97 Å². The first-order valence-corrected chi connectivity index (χ1v) is 9.95. The van der Waals surface area contributed by atoms with E-state index in [4.69, 9.17) is 9.47 Å². The Hall–Kier alpha value is -2.24. The lowest BCUT2D eigenvalue weighted by Gasteiger charge is -2.27. The fourth-order valence-electron chi connectivity index (χ4n) is 3.44. The van der Waals surface area contributed by atoms with Crippen LogP contribution in [-0.4, -0.2) is 30.2 Å². The smallest absolute Gasteiger partial charge is 0.307 e. The van der Waals surface area contributed by atoms with Crippen LogP contribution in [0.2, 0.25) is 0 Å². The second-order valence-electron chi connectivity index (χ2n) is 6.97. The summed E-state index contributed by atoms with van der Waals surface area (Å²) in [5, 5.41) is 12.2. The summed E-state index contributed by atoms with van der Waals surface area (Å²) in [6.07, 6.45) is 5.03. The maximum Gasteiger partial charge on any atom is 0.307 e. The highest BCUT2D eigenvalue weighted by Gasteiger charge is 2.35. The van der Waals surface area contributed by atoms with E-state index in [-0.39, 0.29) is 5.91 Å². The summed E-state index contributed by atoms with van der Waals surface area (Å²) in [5.41, 5.74) is 0.900. The number of ether oxygens (including phenoxy) is 2. The molecule has 1 aliphatic rings. The Labute approximate surface area is 161 Å². The molecule has 2 unspecified atom stereocenters. The minimum absolute atomic E-state index is 0.177. The zero-order valence-electron chi connectivity index (χ0n) is 16.3. The van der Waals surface area contributed by atoms with Crippen molar-refractivity contribution in [1.82, 2.24) is 5.32 Å². The average molecular weight is 377 g/mol. The van der Waals surface area contributed by atoms with Crippen molar-refractivity contribution in [3.8, 4) is 11.5 Å². The lowest BCUT2D eigenvalue weighted by molar-refractivity contribution is -0.148. The number of aliphatic carboxylic acids is 1. The van der Waals surface area contributed by atoms with Crippen molar-refractivity contribution in [1.29, 1.82) is 0 Å². The summed E-state index contributed by atoms with van der Waals surface area (Å²) in [7, 11) is 0. The standard InChI is InChI=1S/C21H31NO5/c1-3-5-12-27-18-11-10-15(13-19(18)26-4-2)14-22-20(23)16-8-6-7-9-17(16)21(24)25/h10-11,13,16-17H,3-9,12,14H2,1-2H3,(H,22,23)(H,24,25). The molecule has 1 fully saturated rings. The molecule has 0 aromatic heterocycles. The number of carbonyl (C=O) groups is 2. The highest BCUT2D eigenvalue weighted by Crippen LogP contribution is 2.31. The second-order valence-corrected chi connectivity index (χ2v) is 6.97. The third-order valence-corrected chi connectivity index (χ3v) is 4.95. The maximum atomic E-state index is 12.5. The lowest BCUT2D eigenvalue weighted by atomic mass is 9.78. The summed E-state index contributed by atoms with van der Waals surface area (Å²) in [5.74, 6) is -0.697. The van der Waals surface area contributed by atoms with Crippen molar-refractivity contribution < 1.29 is 24.2 Å². The SMILES string of the molecule is CCCCOc1ccc(CNC(=O)C2CCCCC2C(=O)O)cc1OCC. The van der Waals surface area contributed by atoms with Gasteiger partial charge in [0.15, 0.2) is 11.5 Å². The van der Waals surface area contributed by atoms with E-state index < -0.39 is 17.8 Å². The number of rotatable bonds is 10. The number of unbranched alkanes of at least 4 members (excludes halogenated alkanes) is 1. The highest BCUT2D eigenvalue weighted by atomic mass is 16.5. The van der Waals surface area contributed by atoms with Crippen LogP contribution in [0.15, 0.2) is 18.2 Å². The van der Waals surface area contributed by atoms with E-state index in [2.05, 4.69) is 12.2 Å². The minimum Gasteiger partial charge on any atom is -0.490 e. The van der Waals surface area contributed by atoms with E-state index in [1.165, 1.54) is 0 Å². The fourth-order valence-corrected chi connectivity index (χ4v) is 3.44. The summed E-state index contributed by atoms with van der Waals surface area (Å²) < 4.78 is 11.4. The van der Waals surface area contributed by atoms with Crippen molar-refractivity contribution in [3.63, 3.8) is 0 Å². The molecule has 1 saturated carbocycles. The van der Waals surface area contributed by atoms with Crippen LogP contribution >= 0.6 is 0 Å². The molecular formula is C21H31NO5. The molecule has 2 rings (SSSR count). The van der Waals surface area contributed by atoms with Crippen LogP contribution in [0.25, 0.3) is 0 Å². The van der Waals surface area contributed by atoms with Crippen LogP contribution in [0.5, 0.6) is 11.5 Å². The van der Waals surface area contributed by atoms with Crippen LogP contribution in [0, 0.1) is 11.8 Å². The van der Waals surface area contributed by atoms with Gasteiger partial charge in [0, 0.05) is 6.54 Å². The topological polar surface area (TPSA) is 84.9 Å². The molecule has 6 nitrogen and oxygen atoms in total. The molecule has 1 aromatic carbocycles. The summed E-state index contributed by atoms with van der Waals surface area (Å²) in [6, 6.07) is 5.64. The molecule has 1 aliphatic carbocycles. The number of hydrogen-bond donors (Lipinski definition) is 2. The predicted octanol–water partition coefficient (Wildman–Crippen LogP) is 3.77. The van der Waals surface area contributed by atoms with Gasteiger partial charge in [0.25, 0.3) is 0 Å². The van der Waals surface area contributed by atoms with Gasteiger partial charge in [-0.25, -0.2) is 0 Å². The summed E-state index contributed by atoms with van der Waals surface area (Å²) in [4.78, 5) is 23.9. The van der Waals surface area contributed by atoms with Gasteiger partial charge in [0.2, 0.25) is 5.91 Å². The molecule has 1 aromatic rings. The van der Waals surface area contributed by atoms with Gasteiger partial charge < -0.3 is 19.9 Å². The molecule has 0 bridgehead atoms. The second kappa shape index (κ2) is 10.8. The van der Waals surface area contributed by atoms with Crippen LogP contribution in [0.3, 0.4) is 0 Å². The Balaban J connectivity index is 1.98. The van der Waals surface area contributed by atoms with Crippen LogP contribution in [0.1, 0.15) is 57.9 Å². The van der Waals surface area contributed by atoms with E-state index >= 15 is 0 Å². The highest BCUT2D eigenvalue weighted by molar-refractivity contribution is 5.84. The van der Waals surface area contributed by atoms with Crippen molar-refractivity contribution >= 4 is 11.9 Å². The molecule has 0 spiro atoms. The number of carboxylic acid groups (broad SMARTS) is 1. The van der Waals surface area contributed by atoms with E-state index in [1.54, 1.807) is 0 Å². The fraction of sp³-hybridized carbons (Fsp3) is 0.619. The molecule has 0 radical (unpaired) electrons. The first kappa shape index (κ1) is 21.1. The Morgan fingerprint density at radius 2 is 1.85 bits per heavy atom. The average Bonchev–Trinajstić information content (AvgIpc) is 2.68. The Bertz CT molecular complexity index is 631. The molecule has 2 N–H and O–H groups in total. The van der Waals surface area contributed by atoms with Gasteiger partial charge in [0.05, 0.1) is 25.0 Å². The van der Waals surface area contributed by atoms with Gasteiger partial charge in [-0.3, -0.25) is 9.59 Å². The van der Waals surface area contributed by atoms with Gasteiger partial charge in [0.1, 0.15) is 0 Å². The molecule has 2 atom stereocenters. The maximum absolute atomic E-state index is 12.5. The van der Waals surface area contributed by atoms with Gasteiger partial charge in [-0.05, 0) is 43.9 Å². The molecular weight excluding hydrogens is 346 g/mol. The number of hydrogen-bond acceptors (Lipinski definition) is 4. The van der Waals surface area contributed by atoms with E-state index in [1.807, 2.05) is 25.1 Å². The Morgan fingerprint density at radius 3 is 2.52 bits per heavy atom. The monoisotopic (exact) mass is 377 g/mol. The predicted molar refractivity (Wildman–Crippen MR) is 103 cm³/mol. The molecule has 0 heterocycles. The van der Waals surface area contributed by atoms with Crippen LogP contribution < -0.4 is 14.8 Å². The Kier molecular flexibility index (Phi) is 8.43. The molecule has 1 amide bonds. The first-order valence-electron chi connectivity index (χ1n) is 9.95. The number of amides is 1. The van der Waals surface area contributed by atoms with E-state index in [0.29, 0.717) is 44.1 Å². The summed E-state index contributed by atoms with van der Waals surface area (Å²) in [6.45, 7) is 5.55. The number of nitrogens with one attached hydrogen (secondary N) is 1. The minimum atomic E-state index is -0.873. The number of carbonyl (C=O) groups excluding carboxylic acids is 1. The molecule has 6 heteroatoms. The van der Waals surface area contributed by atoms with E-state index in [9.17, 15) is 14.7 Å². The normalized spacial score (nSPS) is 19.3. The quantitative estimate of drug-likeness (QED) is 0.606. The zero-order valence-corrected chi connectivity index (χ0v) is 16.3. The Morgan fingerprint density at radius 1 is 1.11 bits per heavy atom. The van der Waals surface area contributed by atoms with Gasteiger partial charge in [-0.1, -0.05) is 32.3 Å². The van der Waals surface area contributed by atoms with Crippen molar-refractivity contribution in [3.05, 3.63) is 23.8 Å². The van der Waals surface area contributed by atoms with Crippen LogP contribution in [0.4, 0.5) is 0 Å². The van der Waals surface area contributed by atoms with Crippen molar-refractivity contribution in [2.24, 2.45) is 11.8 Å². The van der Waals surface area contributed by atoms with Crippen molar-refractivity contribution in [2.45, 2.75) is 58.9 Å². The number of carboxylic acids is 1. The zero-order chi connectivity index (χ0) is 19.6.